The van der Waals surface area contributed by atoms with E-state index in [4.69, 9.17) is 0 Å². The van der Waals surface area contributed by atoms with Gasteiger partial charge in [0.25, 0.3) is 0 Å². The molecule has 3 aromatic carbocycles. The van der Waals surface area contributed by atoms with Gasteiger partial charge in [-0.3, -0.25) is 0 Å². The van der Waals surface area contributed by atoms with Crippen LogP contribution in [0.25, 0.3) is 28.0 Å². The number of halogens is 2. The molecule has 1 atom stereocenters. The molecule has 1 aliphatic rings. The topological polar surface area (TPSA) is 0 Å². The first kappa shape index (κ1) is 18.4. The molecule has 0 saturated heterocycles. The maximum Gasteiger partial charge on any atom is -0.147 e. The first-order chi connectivity index (χ1) is 10.3. The Morgan fingerprint density at radius 1 is 0.783 bits per heavy atom. The molecule has 115 valence electrons. The van der Waals surface area contributed by atoms with Crippen LogP contribution >= 0.6 is 24.8 Å². The molecule has 0 fully saturated rings. The fourth-order valence-corrected chi connectivity index (χ4v) is 4.45. The largest absolute Gasteiger partial charge is 0.147 e. The van der Waals surface area contributed by atoms with Crippen LogP contribution in [-0.4, -0.2) is 0 Å². The summed E-state index contributed by atoms with van der Waals surface area (Å²) >= 11 is 1.19. The van der Waals surface area contributed by atoms with Crippen LogP contribution < -0.4 is 0 Å². The molecule has 0 aliphatic heterocycles. The maximum absolute atomic E-state index is 2.39. The van der Waals surface area contributed by atoms with E-state index < -0.39 is 0 Å². The Kier molecular flexibility index (Phi) is 5.89. The van der Waals surface area contributed by atoms with E-state index in [1.165, 1.54) is 63.0 Å². The van der Waals surface area contributed by atoms with Gasteiger partial charge in [0.2, 0.25) is 0 Å². The summed E-state index contributed by atoms with van der Waals surface area (Å²) in [5.74, 6) is 0. The van der Waals surface area contributed by atoms with E-state index in [1.807, 2.05) is 0 Å². The molecule has 4 rings (SSSR count). The zero-order chi connectivity index (χ0) is 14.4. The molecule has 23 heavy (non-hydrogen) atoms. The van der Waals surface area contributed by atoms with Crippen molar-refractivity contribution in [3.63, 3.8) is 0 Å². The van der Waals surface area contributed by atoms with Gasteiger partial charge in [0.1, 0.15) is 0 Å². The number of benzene rings is 3. The second-order valence-corrected chi connectivity index (χ2v) is 7.73. The Morgan fingerprint density at radius 3 is 2.26 bits per heavy atom. The van der Waals surface area contributed by atoms with Gasteiger partial charge in [0.15, 0.2) is 0 Å². The summed E-state index contributed by atoms with van der Waals surface area (Å²) in [4.78, 5) is 0. The minimum Gasteiger partial charge on any atom is -0.147 e. The SMILES string of the molecule is CC1=Cc2c(-c3cccc4ccccc34)cccc2[CH]1[Hf].Cl.Cl. The summed E-state index contributed by atoms with van der Waals surface area (Å²) in [7, 11) is 0. The minimum atomic E-state index is 0. The second-order valence-electron chi connectivity index (χ2n) is 5.66. The van der Waals surface area contributed by atoms with Gasteiger partial charge in [-0.15, -0.1) is 24.8 Å². The minimum absolute atomic E-state index is 0. The fraction of sp³-hybridized carbons (Fsp3) is 0.100. The first-order valence-electron chi connectivity index (χ1n) is 7.26. The zero-order valence-corrected chi connectivity index (χ0v) is 18.0. The van der Waals surface area contributed by atoms with Gasteiger partial charge in [-0.05, 0) is 0 Å². The van der Waals surface area contributed by atoms with Crippen molar-refractivity contribution in [2.45, 2.75) is 10.6 Å². The van der Waals surface area contributed by atoms with Crippen LogP contribution in [0, 0.1) is 0 Å². The normalized spacial score (nSPS) is 15.3. The van der Waals surface area contributed by atoms with E-state index in [2.05, 4.69) is 73.7 Å². The molecule has 0 spiro atoms. The van der Waals surface area contributed by atoms with Gasteiger partial charge >= 0.3 is 140 Å². The fourth-order valence-electron chi connectivity index (χ4n) is 3.25. The Bertz CT molecular complexity index is 878. The third-order valence-corrected chi connectivity index (χ3v) is 7.11. The average Bonchev–Trinajstić information content (AvgIpc) is 2.82. The summed E-state index contributed by atoms with van der Waals surface area (Å²) in [5.41, 5.74) is 7.20. The predicted octanol–water partition coefficient (Wildman–Crippen LogP) is 6.36. The van der Waals surface area contributed by atoms with Crippen molar-refractivity contribution >= 4 is 41.7 Å². The van der Waals surface area contributed by atoms with E-state index >= 15 is 0 Å². The molecule has 0 N–H and O–H groups in total. The monoisotopic (exact) mass is 507 g/mol. The molecular weight excluding hydrogens is 490 g/mol. The second kappa shape index (κ2) is 7.34. The molecule has 3 aromatic rings. The number of hydrogen-bond donors (Lipinski definition) is 0. The summed E-state index contributed by atoms with van der Waals surface area (Å²) in [6, 6.07) is 22.1. The average molecular weight is 507 g/mol. The summed E-state index contributed by atoms with van der Waals surface area (Å²) in [5, 5.41) is 2.66. The number of allylic oxidation sites excluding steroid dienone is 1. The molecule has 1 unspecified atom stereocenters. The van der Waals surface area contributed by atoms with Gasteiger partial charge in [-0.25, -0.2) is 0 Å². The molecule has 0 nitrogen and oxygen atoms in total. The molecule has 0 aromatic heterocycles. The van der Waals surface area contributed by atoms with Gasteiger partial charge in [-0.1, -0.05) is 0 Å². The molecule has 3 heteroatoms. The van der Waals surface area contributed by atoms with Crippen LogP contribution in [0.3, 0.4) is 0 Å². The Morgan fingerprint density at radius 2 is 1.43 bits per heavy atom. The van der Waals surface area contributed by atoms with Crippen molar-refractivity contribution in [1.29, 1.82) is 0 Å². The van der Waals surface area contributed by atoms with E-state index in [0.717, 1.165) is 0 Å². The van der Waals surface area contributed by atoms with Crippen LogP contribution in [0.15, 0.2) is 66.2 Å². The Balaban J connectivity index is 0.000000960. The van der Waals surface area contributed by atoms with Gasteiger partial charge in [-0.2, -0.15) is 0 Å². The summed E-state index contributed by atoms with van der Waals surface area (Å²) in [6.45, 7) is 2.27. The van der Waals surface area contributed by atoms with Crippen LogP contribution in [0.5, 0.6) is 0 Å². The van der Waals surface area contributed by atoms with E-state index in [9.17, 15) is 0 Å². The Hall–Kier alpha value is -0.890. The van der Waals surface area contributed by atoms with Gasteiger partial charge in [0.05, 0.1) is 0 Å². The standard InChI is InChI=1S/C20H15.2ClH.Hf/c1-14-12-16-8-5-11-19(20(16)13-14)18-10-4-7-15-6-2-3-9-17(15)18;;;/h2-13H,1H3;2*1H;. The van der Waals surface area contributed by atoms with Crippen molar-refractivity contribution in [2.75, 3.05) is 0 Å². The van der Waals surface area contributed by atoms with E-state index in [1.54, 1.807) is 0 Å². The number of fused-ring (bicyclic) bond motifs is 2. The Labute approximate surface area is 164 Å². The van der Waals surface area contributed by atoms with Gasteiger partial charge in [0, 0.05) is 0 Å². The van der Waals surface area contributed by atoms with Crippen LogP contribution in [-0.2, 0) is 24.4 Å². The molecule has 0 bridgehead atoms. The van der Waals surface area contributed by atoms with E-state index in [-0.39, 0.29) is 24.8 Å². The molecule has 0 amide bonds. The van der Waals surface area contributed by atoms with Crippen molar-refractivity contribution in [3.05, 3.63) is 77.4 Å². The smallest absolute Gasteiger partial charge is 0.147 e. The summed E-state index contributed by atoms with van der Waals surface area (Å²) < 4.78 is 0.676. The third kappa shape index (κ3) is 3.07. The van der Waals surface area contributed by atoms with Crippen LogP contribution in [0.1, 0.15) is 21.7 Å². The molecule has 0 radical (unpaired) electrons. The van der Waals surface area contributed by atoms with Crippen molar-refractivity contribution < 1.29 is 24.4 Å². The number of hydrogen-bond acceptors (Lipinski definition) is 0. The van der Waals surface area contributed by atoms with Crippen LogP contribution in [0.2, 0.25) is 0 Å². The molecule has 0 heterocycles. The quantitative estimate of drug-likeness (QED) is 0.337. The maximum atomic E-state index is 2.39. The van der Waals surface area contributed by atoms with Crippen LogP contribution in [0.4, 0.5) is 0 Å². The molecule has 1 aliphatic carbocycles. The molecule has 0 saturated carbocycles. The van der Waals surface area contributed by atoms with Crippen molar-refractivity contribution in [1.82, 2.24) is 0 Å². The van der Waals surface area contributed by atoms with Crippen molar-refractivity contribution in [2.24, 2.45) is 0 Å². The van der Waals surface area contributed by atoms with E-state index in [0.29, 0.717) is 3.67 Å². The predicted molar refractivity (Wildman–Crippen MR) is 100 cm³/mol. The van der Waals surface area contributed by atoms with Crippen molar-refractivity contribution in [3.8, 4) is 11.1 Å². The number of rotatable bonds is 1. The zero-order valence-electron chi connectivity index (χ0n) is 12.7. The third-order valence-electron chi connectivity index (χ3n) is 4.36. The summed E-state index contributed by atoms with van der Waals surface area (Å²) in [6.07, 6.45) is 2.39. The first-order valence-corrected chi connectivity index (χ1v) is 9.33. The molecular formula is C20H17Cl2Hf. The van der Waals surface area contributed by atoms with Gasteiger partial charge < -0.3 is 0 Å².